The molecule has 0 heterocycles. The number of alkyl halides is 1. The number of hydrogen-bond donors (Lipinski definition) is 1. The van der Waals surface area contributed by atoms with E-state index in [0.717, 1.165) is 36.9 Å². The summed E-state index contributed by atoms with van der Waals surface area (Å²) in [6, 6.07) is 0. The van der Waals surface area contributed by atoms with Gasteiger partial charge >= 0.3 is 0 Å². The average molecular weight is 304 g/mol. The molecule has 1 N–H and O–H groups in total. The normalized spacial score (nSPS) is 28.5. The molecule has 0 aromatic heterocycles. The third-order valence-electron chi connectivity index (χ3n) is 4.24. The van der Waals surface area contributed by atoms with E-state index < -0.39 is 0 Å². The predicted octanol–water partition coefficient (Wildman–Crippen LogP) is 3.88. The molecule has 1 amide bonds. The van der Waals surface area contributed by atoms with Crippen LogP contribution in [-0.2, 0) is 4.79 Å². The highest BCUT2D eigenvalue weighted by atomic mass is 79.9. The minimum absolute atomic E-state index is 0.0380. The zero-order valence-electron chi connectivity index (χ0n) is 11.4. The number of amides is 1. The van der Waals surface area contributed by atoms with Gasteiger partial charge in [-0.05, 0) is 51.4 Å². The second-order valence-corrected chi connectivity index (χ2v) is 6.59. The van der Waals surface area contributed by atoms with Gasteiger partial charge in [0, 0.05) is 16.8 Å². The monoisotopic (exact) mass is 303 g/mol. The van der Waals surface area contributed by atoms with E-state index in [2.05, 4.69) is 42.0 Å². The molecule has 17 heavy (non-hydrogen) atoms. The highest BCUT2D eigenvalue weighted by Gasteiger charge is 2.29. The van der Waals surface area contributed by atoms with Gasteiger partial charge in [0.1, 0.15) is 0 Å². The fraction of sp³-hybridized carbons (Fsp3) is 0.929. The molecule has 1 unspecified atom stereocenters. The molecule has 1 rings (SSSR count). The lowest BCUT2D eigenvalue weighted by Crippen LogP contribution is -2.48. The van der Waals surface area contributed by atoms with Crippen molar-refractivity contribution in [2.75, 3.05) is 5.33 Å². The number of hydrogen-bond acceptors (Lipinski definition) is 1. The minimum Gasteiger partial charge on any atom is -0.351 e. The molecule has 1 atom stereocenters. The molecule has 0 bridgehead atoms. The van der Waals surface area contributed by atoms with Crippen LogP contribution in [0.4, 0.5) is 0 Å². The van der Waals surface area contributed by atoms with E-state index >= 15 is 0 Å². The van der Waals surface area contributed by atoms with E-state index in [9.17, 15) is 4.79 Å². The summed E-state index contributed by atoms with van der Waals surface area (Å²) < 4.78 is 0. The number of nitrogens with one attached hydrogen (secondary N) is 1. The van der Waals surface area contributed by atoms with Gasteiger partial charge in [0.05, 0.1) is 0 Å². The molecule has 0 aromatic carbocycles. The number of rotatable bonds is 5. The van der Waals surface area contributed by atoms with Crippen molar-refractivity contribution in [1.29, 1.82) is 0 Å². The molecule has 0 radical (unpaired) electrons. The second-order valence-electron chi connectivity index (χ2n) is 5.80. The van der Waals surface area contributed by atoms with Crippen molar-refractivity contribution < 1.29 is 4.79 Å². The van der Waals surface area contributed by atoms with Gasteiger partial charge in [-0.25, -0.2) is 0 Å². The van der Waals surface area contributed by atoms with Crippen LogP contribution in [0.25, 0.3) is 0 Å². The topological polar surface area (TPSA) is 29.1 Å². The van der Waals surface area contributed by atoms with E-state index in [-0.39, 0.29) is 17.4 Å². The Balaban J connectivity index is 2.47. The summed E-state index contributed by atoms with van der Waals surface area (Å²) in [5.74, 6) is 1.34. The van der Waals surface area contributed by atoms with Crippen LogP contribution in [0.5, 0.6) is 0 Å². The standard InChI is InChI=1S/C14H26BrNO/c1-4-14(3,9-10-15)16-13(17)12-7-5-11(2)6-8-12/h11-12H,4-10H2,1-3H3,(H,16,17). The molecular weight excluding hydrogens is 278 g/mol. The molecule has 1 saturated carbocycles. The highest BCUT2D eigenvalue weighted by molar-refractivity contribution is 9.09. The molecule has 1 aliphatic carbocycles. The zero-order chi connectivity index (χ0) is 12.9. The summed E-state index contributed by atoms with van der Waals surface area (Å²) in [7, 11) is 0. The Morgan fingerprint density at radius 3 is 2.41 bits per heavy atom. The maximum Gasteiger partial charge on any atom is 0.223 e. The van der Waals surface area contributed by atoms with Crippen molar-refractivity contribution in [1.82, 2.24) is 5.32 Å². The first-order valence-electron chi connectivity index (χ1n) is 6.88. The molecule has 3 heteroatoms. The van der Waals surface area contributed by atoms with Crippen molar-refractivity contribution in [3.8, 4) is 0 Å². The average Bonchev–Trinajstić information content (AvgIpc) is 2.30. The van der Waals surface area contributed by atoms with Crippen molar-refractivity contribution in [2.45, 2.75) is 64.8 Å². The summed E-state index contributed by atoms with van der Waals surface area (Å²) in [5, 5.41) is 4.20. The Hall–Kier alpha value is -0.0500. The molecule has 0 aromatic rings. The van der Waals surface area contributed by atoms with Crippen LogP contribution in [0.3, 0.4) is 0 Å². The SMILES string of the molecule is CCC(C)(CCBr)NC(=O)C1CCC(C)CC1. The summed E-state index contributed by atoms with van der Waals surface area (Å²) in [6.45, 7) is 6.58. The first-order chi connectivity index (χ1) is 8.00. The maximum atomic E-state index is 12.2. The Bertz CT molecular complexity index is 249. The van der Waals surface area contributed by atoms with Crippen LogP contribution in [0, 0.1) is 11.8 Å². The Morgan fingerprint density at radius 1 is 1.35 bits per heavy atom. The number of carbonyl (C=O) groups excluding carboxylic acids is 1. The van der Waals surface area contributed by atoms with Gasteiger partial charge in [-0.2, -0.15) is 0 Å². The van der Waals surface area contributed by atoms with Crippen LogP contribution < -0.4 is 5.32 Å². The fourth-order valence-electron chi connectivity index (χ4n) is 2.46. The van der Waals surface area contributed by atoms with E-state index in [1.165, 1.54) is 12.8 Å². The van der Waals surface area contributed by atoms with Crippen LogP contribution in [0.15, 0.2) is 0 Å². The lowest BCUT2D eigenvalue weighted by molar-refractivity contribution is -0.128. The van der Waals surface area contributed by atoms with Crippen LogP contribution in [0.2, 0.25) is 0 Å². The van der Waals surface area contributed by atoms with Gasteiger partial charge in [0.15, 0.2) is 0 Å². The van der Waals surface area contributed by atoms with Crippen molar-refractivity contribution in [3.63, 3.8) is 0 Å². The van der Waals surface area contributed by atoms with E-state index in [0.29, 0.717) is 0 Å². The van der Waals surface area contributed by atoms with Crippen molar-refractivity contribution in [3.05, 3.63) is 0 Å². The maximum absolute atomic E-state index is 12.2. The third kappa shape index (κ3) is 4.61. The smallest absolute Gasteiger partial charge is 0.223 e. The molecule has 1 fully saturated rings. The molecular formula is C14H26BrNO. The van der Waals surface area contributed by atoms with Crippen molar-refractivity contribution >= 4 is 21.8 Å². The summed E-state index contributed by atoms with van der Waals surface area (Å²) >= 11 is 3.47. The summed E-state index contributed by atoms with van der Waals surface area (Å²) in [5.41, 5.74) is -0.0380. The number of halogens is 1. The first-order valence-corrected chi connectivity index (χ1v) is 8.01. The Kier molecular flexibility index (Phi) is 5.98. The minimum atomic E-state index is -0.0380. The van der Waals surface area contributed by atoms with Crippen LogP contribution in [0.1, 0.15) is 59.3 Å². The van der Waals surface area contributed by atoms with E-state index in [1.54, 1.807) is 0 Å². The van der Waals surface area contributed by atoms with Crippen molar-refractivity contribution in [2.24, 2.45) is 11.8 Å². The molecule has 0 aliphatic heterocycles. The Morgan fingerprint density at radius 2 is 1.94 bits per heavy atom. The van der Waals surface area contributed by atoms with Gasteiger partial charge in [-0.15, -0.1) is 0 Å². The largest absolute Gasteiger partial charge is 0.351 e. The zero-order valence-corrected chi connectivity index (χ0v) is 13.0. The second kappa shape index (κ2) is 6.77. The summed E-state index contributed by atoms with van der Waals surface area (Å²) in [6.07, 6.45) is 6.55. The van der Waals surface area contributed by atoms with Gasteiger partial charge in [-0.1, -0.05) is 29.8 Å². The molecule has 0 spiro atoms. The Labute approximate surface area is 114 Å². The van der Waals surface area contributed by atoms with Gasteiger partial charge in [0.2, 0.25) is 5.91 Å². The number of carbonyl (C=O) groups is 1. The van der Waals surface area contributed by atoms with Crippen LogP contribution in [-0.4, -0.2) is 16.8 Å². The van der Waals surface area contributed by atoms with Crippen LogP contribution >= 0.6 is 15.9 Å². The van der Waals surface area contributed by atoms with Gasteiger partial charge < -0.3 is 5.32 Å². The van der Waals surface area contributed by atoms with E-state index in [1.807, 2.05) is 0 Å². The fourth-order valence-corrected chi connectivity index (χ4v) is 3.33. The van der Waals surface area contributed by atoms with Gasteiger partial charge in [-0.3, -0.25) is 4.79 Å². The quantitative estimate of drug-likeness (QED) is 0.767. The lowest BCUT2D eigenvalue weighted by atomic mass is 9.82. The highest BCUT2D eigenvalue weighted by Crippen LogP contribution is 2.29. The molecule has 2 nitrogen and oxygen atoms in total. The van der Waals surface area contributed by atoms with E-state index in [4.69, 9.17) is 0 Å². The third-order valence-corrected chi connectivity index (χ3v) is 4.63. The molecule has 0 saturated heterocycles. The summed E-state index contributed by atoms with van der Waals surface area (Å²) in [4.78, 5) is 12.2. The molecule has 100 valence electrons. The molecule has 1 aliphatic rings. The van der Waals surface area contributed by atoms with Gasteiger partial charge in [0.25, 0.3) is 0 Å². The first kappa shape index (κ1) is 15.0. The lowest BCUT2D eigenvalue weighted by Gasteiger charge is -2.33. The predicted molar refractivity (Wildman–Crippen MR) is 76.4 cm³/mol.